The molecule has 0 bridgehead atoms. The zero-order valence-electron chi connectivity index (χ0n) is 14.2. The van der Waals surface area contributed by atoms with E-state index in [9.17, 15) is 9.90 Å². The highest BCUT2D eigenvalue weighted by Gasteiger charge is 2.13. The molecule has 122 valence electrons. The van der Waals surface area contributed by atoms with Crippen molar-refractivity contribution in [3.8, 4) is 17.2 Å². The molecule has 23 heavy (non-hydrogen) atoms. The van der Waals surface area contributed by atoms with Crippen LogP contribution in [-0.4, -0.2) is 18.1 Å². The minimum atomic E-state index is -0.108. The third kappa shape index (κ3) is 3.65. The molecule has 0 saturated heterocycles. The molecular weight excluding hydrogens is 290 g/mol. The van der Waals surface area contributed by atoms with E-state index in [0.717, 1.165) is 16.7 Å². The van der Waals surface area contributed by atoms with Gasteiger partial charge in [-0.3, -0.25) is 4.79 Å². The van der Waals surface area contributed by atoms with Crippen LogP contribution in [0.1, 0.15) is 46.8 Å². The van der Waals surface area contributed by atoms with E-state index in [-0.39, 0.29) is 17.6 Å². The van der Waals surface area contributed by atoms with E-state index < -0.39 is 0 Å². The van der Waals surface area contributed by atoms with Gasteiger partial charge in [-0.25, -0.2) is 0 Å². The molecule has 0 aliphatic heterocycles. The molecule has 2 aromatic carbocycles. The number of hydrogen-bond acceptors (Lipinski definition) is 3. The summed E-state index contributed by atoms with van der Waals surface area (Å²) in [6.45, 7) is 7.83. The summed E-state index contributed by atoms with van der Waals surface area (Å²) in [5, 5.41) is 12.5. The molecule has 2 rings (SSSR count). The molecule has 0 aliphatic rings. The van der Waals surface area contributed by atoms with Crippen LogP contribution in [0.2, 0.25) is 0 Å². The second-order valence-corrected chi connectivity index (χ2v) is 5.99. The topological polar surface area (TPSA) is 58.6 Å². The molecule has 0 aromatic heterocycles. The van der Waals surface area contributed by atoms with Crippen LogP contribution in [0.3, 0.4) is 0 Å². The van der Waals surface area contributed by atoms with Crippen molar-refractivity contribution in [3.05, 3.63) is 52.6 Å². The van der Waals surface area contributed by atoms with Crippen molar-refractivity contribution in [2.75, 3.05) is 7.05 Å². The highest BCUT2D eigenvalue weighted by molar-refractivity contribution is 5.95. The van der Waals surface area contributed by atoms with E-state index in [0.29, 0.717) is 17.1 Å². The molecule has 1 amide bonds. The predicted octanol–water partition coefficient (Wildman–Crippen LogP) is 4.28. The van der Waals surface area contributed by atoms with Gasteiger partial charge in [0.1, 0.15) is 17.2 Å². The van der Waals surface area contributed by atoms with Crippen LogP contribution >= 0.6 is 0 Å². The lowest BCUT2D eigenvalue weighted by Gasteiger charge is -2.15. The molecule has 4 heteroatoms. The monoisotopic (exact) mass is 313 g/mol. The van der Waals surface area contributed by atoms with Crippen molar-refractivity contribution in [1.29, 1.82) is 0 Å². The average Bonchev–Trinajstić information content (AvgIpc) is 2.51. The lowest BCUT2D eigenvalue weighted by Crippen LogP contribution is -2.19. The first-order valence-corrected chi connectivity index (χ1v) is 7.67. The molecule has 0 saturated carbocycles. The summed E-state index contributed by atoms with van der Waals surface area (Å²) >= 11 is 0. The Bertz CT molecular complexity index is 736. The molecule has 4 nitrogen and oxygen atoms in total. The summed E-state index contributed by atoms with van der Waals surface area (Å²) in [7, 11) is 1.62. The lowest BCUT2D eigenvalue weighted by atomic mass is 10.0. The van der Waals surface area contributed by atoms with Gasteiger partial charge in [0.15, 0.2) is 0 Å². The molecular formula is C19H23NO3. The van der Waals surface area contributed by atoms with Gasteiger partial charge >= 0.3 is 0 Å². The minimum Gasteiger partial charge on any atom is -0.508 e. The van der Waals surface area contributed by atoms with Crippen molar-refractivity contribution in [2.45, 2.75) is 33.6 Å². The second kappa shape index (κ2) is 6.73. The van der Waals surface area contributed by atoms with Crippen LogP contribution < -0.4 is 10.1 Å². The van der Waals surface area contributed by atoms with Crippen molar-refractivity contribution < 1.29 is 14.6 Å². The number of aryl methyl sites for hydroxylation is 2. The maximum Gasteiger partial charge on any atom is 0.251 e. The minimum absolute atomic E-state index is 0.108. The quantitative estimate of drug-likeness (QED) is 0.885. The fraction of sp³-hybridized carbons (Fsp3) is 0.316. The van der Waals surface area contributed by atoms with Crippen LogP contribution in [0.15, 0.2) is 30.3 Å². The van der Waals surface area contributed by atoms with Crippen LogP contribution in [0.4, 0.5) is 0 Å². The van der Waals surface area contributed by atoms with E-state index in [1.165, 1.54) is 0 Å². The van der Waals surface area contributed by atoms with Gasteiger partial charge in [0.2, 0.25) is 0 Å². The number of ether oxygens (including phenoxy) is 1. The molecule has 0 heterocycles. The number of carbonyl (C=O) groups excluding carboxylic acids is 1. The van der Waals surface area contributed by atoms with Gasteiger partial charge in [-0.05, 0) is 61.2 Å². The van der Waals surface area contributed by atoms with Crippen molar-refractivity contribution in [2.24, 2.45) is 0 Å². The summed E-state index contributed by atoms with van der Waals surface area (Å²) in [6, 6.07) is 8.92. The van der Waals surface area contributed by atoms with Gasteiger partial charge in [-0.1, -0.05) is 13.8 Å². The maximum atomic E-state index is 11.8. The third-order valence-electron chi connectivity index (χ3n) is 3.84. The van der Waals surface area contributed by atoms with E-state index >= 15 is 0 Å². The molecule has 0 atom stereocenters. The van der Waals surface area contributed by atoms with Crippen molar-refractivity contribution >= 4 is 5.91 Å². The zero-order chi connectivity index (χ0) is 17.1. The van der Waals surface area contributed by atoms with Gasteiger partial charge in [0.05, 0.1) is 0 Å². The first-order chi connectivity index (χ1) is 10.8. The van der Waals surface area contributed by atoms with E-state index in [1.54, 1.807) is 19.2 Å². The fourth-order valence-electron chi connectivity index (χ4n) is 2.46. The Labute approximate surface area is 137 Å². The van der Waals surface area contributed by atoms with Crippen molar-refractivity contribution in [3.63, 3.8) is 0 Å². The predicted molar refractivity (Wildman–Crippen MR) is 91.6 cm³/mol. The number of amides is 1. The van der Waals surface area contributed by atoms with Gasteiger partial charge in [-0.15, -0.1) is 0 Å². The number of nitrogens with one attached hydrogen (secondary N) is 1. The average molecular weight is 313 g/mol. The highest BCUT2D eigenvalue weighted by Crippen LogP contribution is 2.33. The Kier molecular flexibility index (Phi) is 4.94. The molecule has 0 spiro atoms. The Hall–Kier alpha value is -2.49. The number of phenols is 1. The Morgan fingerprint density at radius 3 is 2.43 bits per heavy atom. The smallest absolute Gasteiger partial charge is 0.251 e. The van der Waals surface area contributed by atoms with Gasteiger partial charge < -0.3 is 15.2 Å². The molecule has 2 N–H and O–H groups in total. The van der Waals surface area contributed by atoms with Crippen molar-refractivity contribution in [1.82, 2.24) is 5.32 Å². The van der Waals surface area contributed by atoms with E-state index in [1.807, 2.05) is 45.9 Å². The molecule has 0 aliphatic carbocycles. The number of benzene rings is 2. The Balaban J connectivity index is 2.36. The molecule has 2 aromatic rings. The zero-order valence-corrected chi connectivity index (χ0v) is 14.2. The normalized spacial score (nSPS) is 10.7. The maximum absolute atomic E-state index is 11.8. The van der Waals surface area contributed by atoms with E-state index in [2.05, 4.69) is 5.32 Å². The highest BCUT2D eigenvalue weighted by atomic mass is 16.5. The lowest BCUT2D eigenvalue weighted by molar-refractivity contribution is 0.0962. The SMILES string of the molecule is CNC(=O)c1cc(C)c(Oc2ccc(O)c(C(C)C)c2)cc1C. The Morgan fingerprint density at radius 1 is 1.13 bits per heavy atom. The third-order valence-corrected chi connectivity index (χ3v) is 3.84. The van der Waals surface area contributed by atoms with Crippen LogP contribution in [0, 0.1) is 13.8 Å². The number of rotatable bonds is 4. The second-order valence-electron chi connectivity index (χ2n) is 5.99. The molecule has 0 unspecified atom stereocenters. The van der Waals surface area contributed by atoms with Gasteiger partial charge in [0, 0.05) is 18.2 Å². The number of aromatic hydroxyl groups is 1. The first-order valence-electron chi connectivity index (χ1n) is 7.67. The molecule has 0 fully saturated rings. The summed E-state index contributed by atoms with van der Waals surface area (Å²) in [5.41, 5.74) is 3.23. The van der Waals surface area contributed by atoms with Crippen LogP contribution in [0.5, 0.6) is 17.2 Å². The number of phenolic OH excluding ortho intramolecular Hbond substituents is 1. The standard InChI is InChI=1S/C19H23NO3/c1-11(2)15-10-14(6-7-17(15)21)23-18-9-12(3)16(8-13(18)4)19(22)20-5/h6-11,21H,1-5H3,(H,20,22). The van der Waals surface area contributed by atoms with Crippen LogP contribution in [-0.2, 0) is 0 Å². The fourth-order valence-corrected chi connectivity index (χ4v) is 2.46. The summed E-state index contributed by atoms with van der Waals surface area (Å²) in [5.74, 6) is 1.74. The summed E-state index contributed by atoms with van der Waals surface area (Å²) in [4.78, 5) is 11.8. The van der Waals surface area contributed by atoms with Gasteiger partial charge in [0.25, 0.3) is 5.91 Å². The Morgan fingerprint density at radius 2 is 1.83 bits per heavy atom. The number of carbonyl (C=O) groups is 1. The van der Waals surface area contributed by atoms with Gasteiger partial charge in [-0.2, -0.15) is 0 Å². The summed E-state index contributed by atoms with van der Waals surface area (Å²) in [6.07, 6.45) is 0. The first kappa shape index (κ1) is 16.9. The summed E-state index contributed by atoms with van der Waals surface area (Å²) < 4.78 is 5.96. The largest absolute Gasteiger partial charge is 0.508 e. The number of hydrogen-bond donors (Lipinski definition) is 2. The van der Waals surface area contributed by atoms with Crippen LogP contribution in [0.25, 0.3) is 0 Å². The molecule has 0 radical (unpaired) electrons. The van der Waals surface area contributed by atoms with E-state index in [4.69, 9.17) is 4.74 Å².